The predicted molar refractivity (Wildman–Crippen MR) is 79.4 cm³/mol. The fourth-order valence-electron chi connectivity index (χ4n) is 1.64. The third kappa shape index (κ3) is 5.33. The van der Waals surface area contributed by atoms with Crippen molar-refractivity contribution in [1.82, 2.24) is 0 Å². The molecule has 0 aliphatic heterocycles. The van der Waals surface area contributed by atoms with Gasteiger partial charge in [0.05, 0.1) is 18.0 Å². The van der Waals surface area contributed by atoms with E-state index >= 15 is 0 Å². The zero-order chi connectivity index (χ0) is 14.5. The van der Waals surface area contributed by atoms with Crippen LogP contribution in [0, 0.1) is 24.7 Å². The highest BCUT2D eigenvalue weighted by atomic mass is 32.2. The molecule has 1 aromatic rings. The van der Waals surface area contributed by atoms with Crippen LogP contribution in [0.4, 0.5) is 5.69 Å². The Kier molecular flexibility index (Phi) is 5.40. The maximum atomic E-state index is 11.9. The van der Waals surface area contributed by atoms with Crippen molar-refractivity contribution in [2.24, 2.45) is 11.7 Å². The highest BCUT2D eigenvalue weighted by molar-refractivity contribution is 7.92. The fraction of sp³-hybridized carbons (Fsp3) is 0.429. The summed E-state index contributed by atoms with van der Waals surface area (Å²) in [7, 11) is -3.34. The molecule has 0 aliphatic carbocycles. The number of nitrogens with two attached hydrogens (primary N) is 1. The largest absolute Gasteiger partial charge is 0.320 e. The summed E-state index contributed by atoms with van der Waals surface area (Å²) in [5.41, 5.74) is 7.52. The molecule has 1 aromatic carbocycles. The van der Waals surface area contributed by atoms with E-state index in [1.807, 2.05) is 32.9 Å². The van der Waals surface area contributed by atoms with E-state index in [-0.39, 0.29) is 18.2 Å². The molecule has 0 saturated heterocycles. The first-order valence-electron chi connectivity index (χ1n) is 6.14. The monoisotopic (exact) mass is 280 g/mol. The smallest absolute Gasteiger partial charge is 0.233 e. The summed E-state index contributed by atoms with van der Waals surface area (Å²) in [5, 5.41) is 0. The lowest BCUT2D eigenvalue weighted by Crippen LogP contribution is -2.20. The lowest BCUT2D eigenvalue weighted by molar-refractivity contribution is 0.587. The minimum atomic E-state index is -3.34. The number of rotatable bonds is 4. The van der Waals surface area contributed by atoms with Gasteiger partial charge in [-0.15, -0.1) is 0 Å². The molecule has 3 N–H and O–H groups in total. The molecule has 0 fully saturated rings. The molecule has 0 unspecified atom stereocenters. The zero-order valence-electron chi connectivity index (χ0n) is 11.5. The van der Waals surface area contributed by atoms with E-state index in [0.717, 1.165) is 5.56 Å². The van der Waals surface area contributed by atoms with Gasteiger partial charge in [-0.05, 0) is 30.5 Å². The molecule has 0 atom stereocenters. The summed E-state index contributed by atoms with van der Waals surface area (Å²) in [5.74, 6) is 5.79. The first-order valence-corrected chi connectivity index (χ1v) is 7.79. The van der Waals surface area contributed by atoms with Crippen molar-refractivity contribution < 1.29 is 8.42 Å². The van der Waals surface area contributed by atoms with Crippen molar-refractivity contribution in [3.8, 4) is 11.8 Å². The van der Waals surface area contributed by atoms with E-state index in [4.69, 9.17) is 5.73 Å². The highest BCUT2D eigenvalue weighted by Crippen LogP contribution is 2.18. The third-order valence-corrected chi connectivity index (χ3v) is 3.95. The van der Waals surface area contributed by atoms with Gasteiger partial charge >= 0.3 is 0 Å². The van der Waals surface area contributed by atoms with Crippen LogP contribution in [0.3, 0.4) is 0 Å². The molecule has 0 amide bonds. The molecule has 0 aliphatic rings. The molecular formula is C14H20N2O2S. The molecule has 0 heterocycles. The second-order valence-corrected chi connectivity index (χ2v) is 6.60. The van der Waals surface area contributed by atoms with Crippen LogP contribution in [0.2, 0.25) is 0 Å². The maximum absolute atomic E-state index is 11.9. The van der Waals surface area contributed by atoms with Crippen molar-refractivity contribution in [3.05, 3.63) is 29.3 Å². The molecule has 104 valence electrons. The van der Waals surface area contributed by atoms with Crippen LogP contribution in [0.15, 0.2) is 18.2 Å². The van der Waals surface area contributed by atoms with E-state index in [0.29, 0.717) is 11.3 Å². The van der Waals surface area contributed by atoms with Gasteiger partial charge in [0.1, 0.15) is 0 Å². The normalized spacial score (nSPS) is 11.0. The standard InChI is InChI=1S/C14H20N2O2S/c1-11(2)10-19(17,18)16-14-7-6-12(3)9-13(14)5-4-8-15/h6-7,9,11,16H,8,10,15H2,1-3H3. The first kappa shape index (κ1) is 15.5. The average molecular weight is 280 g/mol. The number of hydrogen-bond acceptors (Lipinski definition) is 3. The predicted octanol–water partition coefficient (Wildman–Crippen LogP) is 1.70. The average Bonchev–Trinajstić information content (AvgIpc) is 2.27. The van der Waals surface area contributed by atoms with Crippen molar-refractivity contribution in [1.29, 1.82) is 0 Å². The molecule has 1 rings (SSSR count). The molecule has 4 nitrogen and oxygen atoms in total. The summed E-state index contributed by atoms with van der Waals surface area (Å²) < 4.78 is 26.5. The second kappa shape index (κ2) is 6.60. The molecule has 0 radical (unpaired) electrons. The number of sulfonamides is 1. The Hall–Kier alpha value is -1.51. The molecule has 0 aromatic heterocycles. The zero-order valence-corrected chi connectivity index (χ0v) is 12.3. The summed E-state index contributed by atoms with van der Waals surface area (Å²) >= 11 is 0. The van der Waals surface area contributed by atoms with Crippen LogP contribution in [0.1, 0.15) is 25.0 Å². The summed E-state index contributed by atoms with van der Waals surface area (Å²) in [6.07, 6.45) is 0. The van der Waals surface area contributed by atoms with Gasteiger partial charge in [0.15, 0.2) is 0 Å². The van der Waals surface area contributed by atoms with Gasteiger partial charge in [-0.25, -0.2) is 8.42 Å². The van der Waals surface area contributed by atoms with Crippen molar-refractivity contribution >= 4 is 15.7 Å². The van der Waals surface area contributed by atoms with E-state index in [1.165, 1.54) is 0 Å². The summed E-state index contributed by atoms with van der Waals surface area (Å²) in [4.78, 5) is 0. The van der Waals surface area contributed by atoms with Gasteiger partial charge in [0.2, 0.25) is 10.0 Å². The minimum absolute atomic E-state index is 0.0709. The summed E-state index contributed by atoms with van der Waals surface area (Å²) in [6.45, 7) is 5.90. The van der Waals surface area contributed by atoms with Crippen LogP contribution >= 0.6 is 0 Å². The van der Waals surface area contributed by atoms with Gasteiger partial charge in [0.25, 0.3) is 0 Å². The highest BCUT2D eigenvalue weighted by Gasteiger charge is 2.14. The quantitative estimate of drug-likeness (QED) is 0.825. The Morgan fingerprint density at radius 3 is 2.63 bits per heavy atom. The molecular weight excluding hydrogens is 260 g/mol. The summed E-state index contributed by atoms with van der Waals surface area (Å²) in [6, 6.07) is 5.42. The van der Waals surface area contributed by atoms with Gasteiger partial charge in [-0.1, -0.05) is 31.8 Å². The van der Waals surface area contributed by atoms with Gasteiger partial charge in [-0.2, -0.15) is 0 Å². The van der Waals surface area contributed by atoms with E-state index in [1.54, 1.807) is 6.07 Å². The van der Waals surface area contributed by atoms with Gasteiger partial charge in [0, 0.05) is 5.56 Å². The Morgan fingerprint density at radius 2 is 2.05 bits per heavy atom. The van der Waals surface area contributed by atoms with Crippen LogP contribution in [-0.4, -0.2) is 20.7 Å². The molecule has 5 heteroatoms. The fourth-order valence-corrected chi connectivity index (χ4v) is 3.12. The van der Waals surface area contributed by atoms with Crippen LogP contribution < -0.4 is 10.5 Å². The Morgan fingerprint density at radius 1 is 1.37 bits per heavy atom. The lowest BCUT2D eigenvalue weighted by Gasteiger charge is -2.12. The number of nitrogens with one attached hydrogen (secondary N) is 1. The van der Waals surface area contributed by atoms with Crippen molar-refractivity contribution in [2.45, 2.75) is 20.8 Å². The van der Waals surface area contributed by atoms with Crippen LogP contribution in [0.25, 0.3) is 0 Å². The topological polar surface area (TPSA) is 72.2 Å². The Balaban J connectivity index is 3.07. The van der Waals surface area contributed by atoms with Crippen LogP contribution in [-0.2, 0) is 10.0 Å². The number of benzene rings is 1. The molecule has 0 bridgehead atoms. The Labute approximate surface area is 115 Å². The SMILES string of the molecule is Cc1ccc(NS(=O)(=O)CC(C)C)c(C#CCN)c1. The molecule has 0 spiro atoms. The lowest BCUT2D eigenvalue weighted by atomic mass is 10.1. The van der Waals surface area contributed by atoms with E-state index in [9.17, 15) is 8.42 Å². The number of aryl methyl sites for hydroxylation is 1. The number of anilines is 1. The maximum Gasteiger partial charge on any atom is 0.233 e. The Bertz CT molecular complexity index is 596. The van der Waals surface area contributed by atoms with E-state index in [2.05, 4.69) is 16.6 Å². The van der Waals surface area contributed by atoms with Crippen molar-refractivity contribution in [2.75, 3.05) is 17.0 Å². The number of hydrogen-bond donors (Lipinski definition) is 2. The molecule has 0 saturated carbocycles. The van der Waals surface area contributed by atoms with Gasteiger partial charge < -0.3 is 5.73 Å². The van der Waals surface area contributed by atoms with Crippen molar-refractivity contribution in [3.63, 3.8) is 0 Å². The minimum Gasteiger partial charge on any atom is -0.320 e. The second-order valence-electron chi connectivity index (χ2n) is 4.83. The molecule has 19 heavy (non-hydrogen) atoms. The van der Waals surface area contributed by atoms with Gasteiger partial charge in [-0.3, -0.25) is 4.72 Å². The van der Waals surface area contributed by atoms with Crippen LogP contribution in [0.5, 0.6) is 0 Å². The van der Waals surface area contributed by atoms with E-state index < -0.39 is 10.0 Å². The first-order chi connectivity index (χ1) is 8.84. The third-order valence-electron chi connectivity index (χ3n) is 2.32.